The highest BCUT2D eigenvalue weighted by molar-refractivity contribution is 9.39. The van der Waals surface area contributed by atoms with E-state index in [1.807, 2.05) is 0 Å². The Morgan fingerprint density at radius 3 is 2.40 bits per heavy atom. The zero-order valence-electron chi connectivity index (χ0n) is 4.80. The topological polar surface area (TPSA) is 17.1 Å². The lowest BCUT2D eigenvalue weighted by Crippen LogP contribution is -1.99. The van der Waals surface area contributed by atoms with Gasteiger partial charge in [0.1, 0.15) is 0 Å². The van der Waals surface area contributed by atoms with Crippen LogP contribution in [0.2, 0.25) is 0 Å². The lowest BCUT2D eigenvalue weighted by molar-refractivity contribution is -0.109. The first-order valence-electron chi connectivity index (χ1n) is 1.92. The maximum absolute atomic E-state index is 10.7. The van der Waals surface area contributed by atoms with Crippen molar-refractivity contribution in [3.63, 3.8) is 0 Å². The molecule has 1 nitrogen and oxygen atoms in total. The average molecular weight is 269 g/mol. The van der Waals surface area contributed by atoms with E-state index >= 15 is 0 Å². The van der Waals surface area contributed by atoms with Gasteiger partial charge in [0.2, 0.25) is 5.12 Å². The Kier molecular flexibility index (Phi) is 6.52. The molecule has 0 aromatic rings. The van der Waals surface area contributed by atoms with Crippen LogP contribution in [0, 0.1) is 0 Å². The van der Waals surface area contributed by atoms with E-state index in [1.54, 1.807) is 0 Å². The minimum absolute atomic E-state index is 0.0858. The maximum atomic E-state index is 10.7. The van der Waals surface area contributed by atoms with Gasteiger partial charge in [-0.3, -0.25) is 4.79 Å². The van der Waals surface area contributed by atoms with E-state index in [0.29, 0.717) is 0 Å². The van der Waals surface area contributed by atoms with Gasteiger partial charge in [0.05, 0.1) is 0 Å². The molecule has 0 rings (SSSR count). The number of hydrogen-bond acceptors (Lipinski definition) is 7. The summed E-state index contributed by atoms with van der Waals surface area (Å²) in [5.41, 5.74) is 0. The van der Waals surface area contributed by atoms with Crippen LogP contribution in [0.3, 0.4) is 0 Å². The highest BCUT2D eigenvalue weighted by Crippen LogP contribution is 2.41. The first-order chi connectivity index (χ1) is 4.50. The summed E-state index contributed by atoms with van der Waals surface area (Å²) in [7, 11) is 3.86. The van der Waals surface area contributed by atoms with Gasteiger partial charge in [-0.1, -0.05) is 11.7 Å². The van der Waals surface area contributed by atoms with Crippen LogP contribution in [-0.4, -0.2) is 5.12 Å². The Labute approximate surface area is 85.7 Å². The second-order valence-electron chi connectivity index (χ2n) is 1.16. The van der Waals surface area contributed by atoms with Crippen molar-refractivity contribution in [2.75, 3.05) is 0 Å². The molecule has 0 aromatic heterocycles. The molecule has 0 fully saturated rings. The second-order valence-corrected chi connectivity index (χ2v) is 14.5. The van der Waals surface area contributed by atoms with E-state index < -0.39 is 6.18 Å². The fourth-order valence-electron chi connectivity index (χ4n) is 0.0969. The summed E-state index contributed by atoms with van der Waals surface area (Å²) in [6, 6.07) is 0. The number of rotatable bonds is 3. The SMILES string of the molecule is CC(=O)S(=S)(=S)SSSS. The third-order valence-electron chi connectivity index (χ3n) is 0.500. The molecule has 0 aliphatic carbocycles. The molecule has 0 aliphatic heterocycles. The zero-order valence-corrected chi connectivity index (χ0v) is 10.6. The molecule has 60 valence electrons. The predicted octanol–water partition coefficient (Wildman–Crippen LogP) is 2.40. The van der Waals surface area contributed by atoms with E-state index in [0.717, 1.165) is 0 Å². The van der Waals surface area contributed by atoms with E-state index in [2.05, 4.69) is 11.7 Å². The van der Waals surface area contributed by atoms with Crippen molar-refractivity contribution >= 4 is 74.8 Å². The Balaban J connectivity index is 4.03. The molecule has 0 heterocycles. The van der Waals surface area contributed by atoms with Gasteiger partial charge in [-0.05, 0) is 42.0 Å². The summed E-state index contributed by atoms with van der Waals surface area (Å²) in [5, 5.41) is -0.0858. The van der Waals surface area contributed by atoms with Crippen molar-refractivity contribution in [1.29, 1.82) is 0 Å². The lowest BCUT2D eigenvalue weighted by atomic mass is 10.9. The molecule has 0 amide bonds. The Morgan fingerprint density at radius 1 is 1.60 bits per heavy atom. The molecule has 0 unspecified atom stereocenters. The van der Waals surface area contributed by atoms with E-state index in [-0.39, 0.29) is 5.12 Å². The van der Waals surface area contributed by atoms with Crippen LogP contribution in [0.5, 0.6) is 0 Å². The Bertz CT molecular complexity index is 202. The van der Waals surface area contributed by atoms with E-state index in [4.69, 9.17) is 22.4 Å². The molecule has 0 saturated carbocycles. The third-order valence-corrected chi connectivity index (χ3v) is 13.3. The van der Waals surface area contributed by atoms with Crippen molar-refractivity contribution in [3.05, 3.63) is 0 Å². The standard InChI is InChI=1S/C2H4OS7/c1-2(3)10(5,6)9-8-7-4/h4H,1H3. The first-order valence-corrected chi connectivity index (χ1v) is 10.5. The quantitative estimate of drug-likeness (QED) is 0.621. The van der Waals surface area contributed by atoms with Crippen molar-refractivity contribution in [2.24, 2.45) is 0 Å². The van der Waals surface area contributed by atoms with Crippen LogP contribution < -0.4 is 0 Å². The zero-order chi connectivity index (χ0) is 8.20. The van der Waals surface area contributed by atoms with Crippen LogP contribution in [0.15, 0.2) is 0 Å². The molecule has 0 spiro atoms. The molecule has 10 heavy (non-hydrogen) atoms. The molecule has 0 bridgehead atoms. The summed E-state index contributed by atoms with van der Waals surface area (Å²) in [4.78, 5) is 10.7. The van der Waals surface area contributed by atoms with Gasteiger partial charge < -0.3 is 0 Å². The number of carbonyl (C=O) groups excluding carboxylic acids is 1. The summed E-state index contributed by atoms with van der Waals surface area (Å²) < 4.78 is 0. The largest absolute Gasteiger partial charge is 0.286 e. The Morgan fingerprint density at radius 2 is 2.10 bits per heavy atom. The monoisotopic (exact) mass is 268 g/mol. The van der Waals surface area contributed by atoms with Crippen LogP contribution in [0.4, 0.5) is 0 Å². The highest BCUT2D eigenvalue weighted by atomic mass is 33.9. The van der Waals surface area contributed by atoms with Crippen LogP contribution in [0.25, 0.3) is 0 Å². The smallest absolute Gasteiger partial charge is 0.203 e. The van der Waals surface area contributed by atoms with Gasteiger partial charge in [0, 0.05) is 22.9 Å². The molecule has 8 heteroatoms. The molecule has 0 aliphatic rings. The molecular weight excluding hydrogens is 264 g/mol. The van der Waals surface area contributed by atoms with E-state index in [1.165, 1.54) is 36.4 Å². The normalized spacial score (nSPS) is 11.4. The van der Waals surface area contributed by atoms with Crippen LogP contribution >= 0.6 is 41.1 Å². The summed E-state index contributed by atoms with van der Waals surface area (Å²) in [5.74, 6) is 0. The highest BCUT2D eigenvalue weighted by Gasteiger charge is 2.08. The molecule has 0 aromatic carbocycles. The van der Waals surface area contributed by atoms with Gasteiger partial charge in [-0.2, -0.15) is 0 Å². The molecule has 0 saturated heterocycles. The molecule has 0 atom stereocenters. The van der Waals surface area contributed by atoms with Gasteiger partial charge in [0.25, 0.3) is 0 Å². The summed E-state index contributed by atoms with van der Waals surface area (Å²) in [6.45, 7) is 1.44. The molecular formula is C2H4OS7. The summed E-state index contributed by atoms with van der Waals surface area (Å²) in [6.07, 6.45) is -1.92. The van der Waals surface area contributed by atoms with Gasteiger partial charge in [-0.25, -0.2) is 0 Å². The fraction of sp³-hybridized carbons (Fsp3) is 0.500. The van der Waals surface area contributed by atoms with E-state index in [9.17, 15) is 4.79 Å². The summed E-state index contributed by atoms with van der Waals surface area (Å²) >= 11 is 13.6. The maximum Gasteiger partial charge on any atom is 0.203 e. The average Bonchev–Trinajstić information content (AvgIpc) is 1.84. The van der Waals surface area contributed by atoms with Gasteiger partial charge in [0.15, 0.2) is 0 Å². The van der Waals surface area contributed by atoms with Crippen molar-refractivity contribution < 1.29 is 4.79 Å². The van der Waals surface area contributed by atoms with Gasteiger partial charge >= 0.3 is 0 Å². The number of hydrogen-bond donors (Lipinski definition) is 1. The van der Waals surface area contributed by atoms with Crippen LogP contribution in [0.1, 0.15) is 6.92 Å². The fourth-order valence-corrected chi connectivity index (χ4v) is 10.9. The predicted molar refractivity (Wildman–Crippen MR) is 64.5 cm³/mol. The molecule has 0 radical (unpaired) electrons. The van der Waals surface area contributed by atoms with Crippen LogP contribution in [-0.2, 0) is 33.3 Å². The third kappa shape index (κ3) is 4.68. The minimum Gasteiger partial charge on any atom is -0.286 e. The first kappa shape index (κ1) is 11.9. The van der Waals surface area contributed by atoms with Crippen molar-refractivity contribution in [1.82, 2.24) is 0 Å². The van der Waals surface area contributed by atoms with Gasteiger partial charge in [-0.15, -0.1) is 0 Å². The number of thiol groups is 1. The Hall–Kier alpha value is 1.86. The van der Waals surface area contributed by atoms with Crippen molar-refractivity contribution in [3.8, 4) is 0 Å². The lowest BCUT2D eigenvalue weighted by Gasteiger charge is -1.99. The second kappa shape index (κ2) is 5.50. The minimum atomic E-state index is -1.92. The van der Waals surface area contributed by atoms with Crippen molar-refractivity contribution in [2.45, 2.75) is 6.92 Å². The molecule has 0 N–H and O–H groups in total. The number of carbonyl (C=O) groups is 1.